The number of para-hydroxylation sites is 1. The van der Waals surface area contributed by atoms with Crippen LogP contribution in [0.25, 0.3) is 10.9 Å². The first-order valence-corrected chi connectivity index (χ1v) is 6.42. The Morgan fingerprint density at radius 2 is 1.90 bits per heavy atom. The van der Waals surface area contributed by atoms with Crippen LogP contribution in [0.5, 0.6) is 5.75 Å². The molecule has 0 amide bonds. The average Bonchev–Trinajstić information content (AvgIpc) is 2.54. The van der Waals surface area contributed by atoms with Crippen molar-refractivity contribution in [1.82, 2.24) is 4.98 Å². The van der Waals surface area contributed by atoms with Crippen LogP contribution in [0.15, 0.2) is 54.7 Å². The monoisotopic (exact) mass is 281 g/mol. The minimum Gasteiger partial charge on any atom is -0.494 e. The smallest absolute Gasteiger partial charge is 0.194 e. The van der Waals surface area contributed by atoms with Gasteiger partial charge in [-0.1, -0.05) is 18.2 Å². The zero-order valence-electron chi connectivity index (χ0n) is 11.3. The molecule has 0 spiro atoms. The third kappa shape index (κ3) is 2.48. The SMILES string of the molecule is COc1cc(C(=O)c2cnc3ccccc3c2)ccc1F. The van der Waals surface area contributed by atoms with E-state index in [4.69, 9.17) is 4.74 Å². The Kier molecular flexibility index (Phi) is 3.36. The largest absolute Gasteiger partial charge is 0.494 e. The Morgan fingerprint density at radius 3 is 2.71 bits per heavy atom. The number of nitrogens with zero attached hydrogens (tertiary/aromatic N) is 1. The van der Waals surface area contributed by atoms with Gasteiger partial charge in [0.05, 0.1) is 12.6 Å². The van der Waals surface area contributed by atoms with Crippen molar-refractivity contribution in [3.63, 3.8) is 0 Å². The third-order valence-corrected chi connectivity index (χ3v) is 3.27. The predicted octanol–water partition coefficient (Wildman–Crippen LogP) is 3.61. The summed E-state index contributed by atoms with van der Waals surface area (Å²) in [6.45, 7) is 0. The maximum Gasteiger partial charge on any atom is 0.194 e. The number of carbonyl (C=O) groups is 1. The van der Waals surface area contributed by atoms with E-state index in [-0.39, 0.29) is 11.5 Å². The van der Waals surface area contributed by atoms with Crippen LogP contribution in [-0.4, -0.2) is 17.9 Å². The Bertz CT molecular complexity index is 830. The van der Waals surface area contributed by atoms with Crippen molar-refractivity contribution >= 4 is 16.7 Å². The number of pyridine rings is 1. The summed E-state index contributed by atoms with van der Waals surface area (Å²) in [6.07, 6.45) is 1.53. The molecule has 0 bridgehead atoms. The molecule has 4 heteroatoms. The lowest BCUT2D eigenvalue weighted by Gasteiger charge is -2.06. The van der Waals surface area contributed by atoms with E-state index >= 15 is 0 Å². The van der Waals surface area contributed by atoms with Crippen molar-refractivity contribution in [1.29, 1.82) is 0 Å². The number of halogens is 1. The van der Waals surface area contributed by atoms with E-state index in [9.17, 15) is 9.18 Å². The van der Waals surface area contributed by atoms with Crippen molar-refractivity contribution < 1.29 is 13.9 Å². The third-order valence-electron chi connectivity index (χ3n) is 3.27. The van der Waals surface area contributed by atoms with E-state index in [1.807, 2.05) is 24.3 Å². The highest BCUT2D eigenvalue weighted by Crippen LogP contribution is 2.21. The molecule has 21 heavy (non-hydrogen) atoms. The highest BCUT2D eigenvalue weighted by Gasteiger charge is 2.13. The quantitative estimate of drug-likeness (QED) is 0.688. The van der Waals surface area contributed by atoms with Crippen LogP contribution in [-0.2, 0) is 0 Å². The van der Waals surface area contributed by atoms with Crippen molar-refractivity contribution in [3.05, 3.63) is 71.7 Å². The van der Waals surface area contributed by atoms with Gasteiger partial charge in [-0.15, -0.1) is 0 Å². The number of ketones is 1. The van der Waals surface area contributed by atoms with Crippen molar-refractivity contribution in [2.24, 2.45) is 0 Å². The number of benzene rings is 2. The number of hydrogen-bond donors (Lipinski definition) is 0. The summed E-state index contributed by atoms with van der Waals surface area (Å²) in [5, 5.41) is 0.887. The van der Waals surface area contributed by atoms with E-state index in [1.165, 1.54) is 31.5 Å². The summed E-state index contributed by atoms with van der Waals surface area (Å²) in [4.78, 5) is 16.7. The van der Waals surface area contributed by atoms with Gasteiger partial charge in [0.2, 0.25) is 0 Å². The van der Waals surface area contributed by atoms with Gasteiger partial charge in [0.25, 0.3) is 0 Å². The molecule has 0 aliphatic heterocycles. The van der Waals surface area contributed by atoms with Gasteiger partial charge in [-0.05, 0) is 30.3 Å². The highest BCUT2D eigenvalue weighted by atomic mass is 19.1. The second-order valence-electron chi connectivity index (χ2n) is 4.60. The number of aromatic nitrogens is 1. The summed E-state index contributed by atoms with van der Waals surface area (Å²) in [5.74, 6) is -0.660. The van der Waals surface area contributed by atoms with E-state index in [0.29, 0.717) is 11.1 Å². The van der Waals surface area contributed by atoms with Crippen LogP contribution in [0.1, 0.15) is 15.9 Å². The molecule has 1 aromatic heterocycles. The molecule has 3 nitrogen and oxygen atoms in total. The zero-order valence-corrected chi connectivity index (χ0v) is 11.3. The fourth-order valence-corrected chi connectivity index (χ4v) is 2.16. The van der Waals surface area contributed by atoms with Crippen LogP contribution >= 0.6 is 0 Å². The van der Waals surface area contributed by atoms with Crippen LogP contribution < -0.4 is 4.74 Å². The number of rotatable bonds is 3. The summed E-state index contributed by atoms with van der Waals surface area (Å²) in [5.41, 5.74) is 1.65. The highest BCUT2D eigenvalue weighted by molar-refractivity contribution is 6.10. The molecule has 0 aliphatic rings. The minimum atomic E-state index is -0.495. The van der Waals surface area contributed by atoms with E-state index in [2.05, 4.69) is 4.98 Å². The summed E-state index contributed by atoms with van der Waals surface area (Å²) in [6, 6.07) is 13.4. The lowest BCUT2D eigenvalue weighted by Crippen LogP contribution is -2.03. The minimum absolute atomic E-state index is 0.0506. The Labute approximate surface area is 121 Å². The summed E-state index contributed by atoms with van der Waals surface area (Å²) in [7, 11) is 1.37. The first-order valence-electron chi connectivity index (χ1n) is 6.42. The first-order chi connectivity index (χ1) is 10.2. The Morgan fingerprint density at radius 1 is 1.10 bits per heavy atom. The second-order valence-corrected chi connectivity index (χ2v) is 4.60. The fraction of sp³-hybridized carbons (Fsp3) is 0.0588. The molecule has 2 aromatic carbocycles. The summed E-state index contributed by atoms with van der Waals surface area (Å²) >= 11 is 0. The number of hydrogen-bond acceptors (Lipinski definition) is 3. The Hall–Kier alpha value is -2.75. The topological polar surface area (TPSA) is 39.2 Å². The molecule has 0 saturated heterocycles. The number of carbonyl (C=O) groups excluding carboxylic acids is 1. The summed E-state index contributed by atoms with van der Waals surface area (Å²) < 4.78 is 18.3. The van der Waals surface area contributed by atoms with Gasteiger partial charge < -0.3 is 4.74 Å². The van der Waals surface area contributed by atoms with Crippen molar-refractivity contribution in [3.8, 4) is 5.75 Å². The number of methoxy groups -OCH3 is 1. The molecule has 0 unspecified atom stereocenters. The first kappa shape index (κ1) is 13.2. The maximum absolute atomic E-state index is 13.4. The predicted molar refractivity (Wildman–Crippen MR) is 78.1 cm³/mol. The van der Waals surface area contributed by atoms with Crippen LogP contribution in [0.4, 0.5) is 4.39 Å². The molecular weight excluding hydrogens is 269 g/mol. The average molecular weight is 281 g/mol. The number of fused-ring (bicyclic) bond motifs is 1. The lowest BCUT2D eigenvalue weighted by molar-refractivity contribution is 0.103. The molecule has 1 heterocycles. The fourth-order valence-electron chi connectivity index (χ4n) is 2.16. The molecule has 0 atom stereocenters. The standard InChI is InChI=1S/C17H12FNO2/c1-21-16-9-12(6-7-14(16)18)17(20)13-8-11-4-2-3-5-15(11)19-10-13/h2-10H,1H3. The molecule has 0 fully saturated rings. The number of ether oxygens (including phenoxy) is 1. The maximum atomic E-state index is 13.4. The normalized spacial score (nSPS) is 10.6. The van der Waals surface area contributed by atoms with E-state index in [0.717, 1.165) is 10.9 Å². The van der Waals surface area contributed by atoms with Gasteiger partial charge >= 0.3 is 0 Å². The van der Waals surface area contributed by atoms with Gasteiger partial charge in [0.1, 0.15) is 0 Å². The van der Waals surface area contributed by atoms with Crippen LogP contribution in [0.2, 0.25) is 0 Å². The van der Waals surface area contributed by atoms with Gasteiger partial charge in [-0.25, -0.2) is 4.39 Å². The molecule has 0 radical (unpaired) electrons. The van der Waals surface area contributed by atoms with Gasteiger partial charge in [0, 0.05) is 22.7 Å². The molecule has 3 rings (SSSR count). The zero-order chi connectivity index (χ0) is 14.8. The molecule has 3 aromatic rings. The van der Waals surface area contributed by atoms with E-state index < -0.39 is 5.82 Å². The van der Waals surface area contributed by atoms with Gasteiger partial charge in [-0.2, -0.15) is 0 Å². The van der Waals surface area contributed by atoms with E-state index in [1.54, 1.807) is 6.07 Å². The van der Waals surface area contributed by atoms with Crippen LogP contribution in [0, 0.1) is 5.82 Å². The molecule has 0 aliphatic carbocycles. The molecule has 104 valence electrons. The van der Waals surface area contributed by atoms with Gasteiger partial charge in [-0.3, -0.25) is 9.78 Å². The lowest BCUT2D eigenvalue weighted by atomic mass is 10.0. The van der Waals surface area contributed by atoms with Crippen LogP contribution in [0.3, 0.4) is 0 Å². The van der Waals surface area contributed by atoms with Crippen molar-refractivity contribution in [2.75, 3.05) is 7.11 Å². The molecule has 0 N–H and O–H groups in total. The van der Waals surface area contributed by atoms with Crippen molar-refractivity contribution in [2.45, 2.75) is 0 Å². The van der Waals surface area contributed by atoms with Gasteiger partial charge in [0.15, 0.2) is 17.3 Å². The second kappa shape index (κ2) is 5.32. The molecular formula is C17H12FNO2. The molecule has 0 saturated carbocycles. The Balaban J connectivity index is 2.03.